The first-order valence-corrected chi connectivity index (χ1v) is 6.58. The van der Waals surface area contributed by atoms with Crippen molar-refractivity contribution in [1.82, 2.24) is 9.97 Å². The van der Waals surface area contributed by atoms with Gasteiger partial charge in [0.1, 0.15) is 0 Å². The first-order chi connectivity index (χ1) is 9.29. The van der Waals surface area contributed by atoms with E-state index in [1.54, 1.807) is 12.4 Å². The summed E-state index contributed by atoms with van der Waals surface area (Å²) in [5, 5.41) is 9.03. The second-order valence-corrected chi connectivity index (χ2v) is 4.91. The molecular formula is C15H17N3O. The van der Waals surface area contributed by atoms with Gasteiger partial charge in [-0.2, -0.15) is 0 Å². The van der Waals surface area contributed by atoms with Crippen LogP contribution in [-0.4, -0.2) is 21.1 Å². The molecule has 1 aromatic heterocycles. The molecule has 0 fully saturated rings. The fraction of sp³-hybridized carbons (Fsp3) is 0.333. The van der Waals surface area contributed by atoms with Gasteiger partial charge in [0.2, 0.25) is 0 Å². The average molecular weight is 255 g/mol. The molecule has 0 saturated carbocycles. The number of hydrogen-bond donors (Lipinski definition) is 1. The summed E-state index contributed by atoms with van der Waals surface area (Å²) in [7, 11) is 0. The van der Waals surface area contributed by atoms with Gasteiger partial charge in [0.15, 0.2) is 5.82 Å². The van der Waals surface area contributed by atoms with Crippen molar-refractivity contribution in [3.8, 4) is 0 Å². The molecule has 1 aliphatic rings. The van der Waals surface area contributed by atoms with Crippen LogP contribution in [0.4, 0.5) is 11.5 Å². The number of aromatic nitrogens is 2. The molecule has 98 valence electrons. The monoisotopic (exact) mass is 255 g/mol. The molecule has 0 spiro atoms. The molecule has 1 aromatic carbocycles. The molecule has 1 aliphatic heterocycles. The van der Waals surface area contributed by atoms with Crippen LogP contribution in [0.25, 0.3) is 0 Å². The number of nitrogens with zero attached hydrogens (tertiary/aromatic N) is 3. The first-order valence-electron chi connectivity index (χ1n) is 6.58. The standard InChI is InChI=1S/C15H17N3O/c1-11-6-7-12-4-2-3-5-14(12)18(11)15-9-16-13(10-19)8-17-15/h2-5,8-9,11,19H,6-7,10H2,1H3. The number of aryl methyl sites for hydroxylation is 1. The maximum Gasteiger partial charge on any atom is 0.151 e. The zero-order valence-corrected chi connectivity index (χ0v) is 11.0. The van der Waals surface area contributed by atoms with Gasteiger partial charge in [-0.3, -0.25) is 4.98 Å². The van der Waals surface area contributed by atoms with Crippen molar-refractivity contribution in [2.75, 3.05) is 4.90 Å². The Bertz CT molecular complexity index is 568. The number of para-hydroxylation sites is 1. The lowest BCUT2D eigenvalue weighted by Gasteiger charge is -2.36. The second-order valence-electron chi connectivity index (χ2n) is 4.91. The predicted molar refractivity (Wildman–Crippen MR) is 74.3 cm³/mol. The van der Waals surface area contributed by atoms with Crippen molar-refractivity contribution in [2.45, 2.75) is 32.4 Å². The predicted octanol–water partition coefficient (Wildman–Crippen LogP) is 2.44. The minimum atomic E-state index is -0.0700. The van der Waals surface area contributed by atoms with Crippen molar-refractivity contribution in [3.63, 3.8) is 0 Å². The van der Waals surface area contributed by atoms with E-state index < -0.39 is 0 Å². The lowest BCUT2D eigenvalue weighted by Crippen LogP contribution is -2.33. The van der Waals surface area contributed by atoms with Crippen LogP contribution in [0.15, 0.2) is 36.7 Å². The molecule has 1 atom stereocenters. The number of aliphatic hydroxyl groups excluding tert-OH is 1. The molecule has 1 unspecified atom stereocenters. The van der Waals surface area contributed by atoms with Crippen LogP contribution >= 0.6 is 0 Å². The zero-order chi connectivity index (χ0) is 13.2. The molecule has 2 heterocycles. The Morgan fingerprint density at radius 3 is 2.84 bits per heavy atom. The van der Waals surface area contributed by atoms with Gasteiger partial charge in [-0.15, -0.1) is 0 Å². The molecule has 4 heteroatoms. The van der Waals surface area contributed by atoms with Crippen molar-refractivity contribution >= 4 is 11.5 Å². The fourth-order valence-corrected chi connectivity index (χ4v) is 2.59. The minimum absolute atomic E-state index is 0.0700. The van der Waals surface area contributed by atoms with Crippen molar-refractivity contribution in [2.24, 2.45) is 0 Å². The van der Waals surface area contributed by atoms with Gasteiger partial charge in [0.25, 0.3) is 0 Å². The first kappa shape index (κ1) is 12.1. The highest BCUT2D eigenvalue weighted by Crippen LogP contribution is 2.35. The van der Waals surface area contributed by atoms with E-state index >= 15 is 0 Å². The van der Waals surface area contributed by atoms with E-state index in [2.05, 4.69) is 46.1 Å². The van der Waals surface area contributed by atoms with E-state index in [9.17, 15) is 0 Å². The molecule has 0 saturated heterocycles. The zero-order valence-electron chi connectivity index (χ0n) is 11.0. The number of benzene rings is 1. The van der Waals surface area contributed by atoms with Crippen LogP contribution in [0.2, 0.25) is 0 Å². The van der Waals surface area contributed by atoms with E-state index in [0.29, 0.717) is 11.7 Å². The molecule has 2 aromatic rings. The van der Waals surface area contributed by atoms with Crippen LogP contribution in [0.1, 0.15) is 24.6 Å². The van der Waals surface area contributed by atoms with Crippen LogP contribution in [0.5, 0.6) is 0 Å². The minimum Gasteiger partial charge on any atom is -0.390 e. The number of anilines is 2. The van der Waals surface area contributed by atoms with Crippen LogP contribution in [0, 0.1) is 0 Å². The molecule has 4 nitrogen and oxygen atoms in total. The summed E-state index contributed by atoms with van der Waals surface area (Å²) in [4.78, 5) is 10.9. The van der Waals surface area contributed by atoms with Gasteiger partial charge in [0.05, 0.1) is 24.7 Å². The Labute approximate surface area is 112 Å². The lowest BCUT2D eigenvalue weighted by molar-refractivity contribution is 0.276. The molecule has 1 N–H and O–H groups in total. The van der Waals surface area contributed by atoms with Crippen molar-refractivity contribution in [1.29, 1.82) is 0 Å². The van der Waals surface area contributed by atoms with Gasteiger partial charge < -0.3 is 10.0 Å². The topological polar surface area (TPSA) is 49.2 Å². The highest BCUT2D eigenvalue weighted by atomic mass is 16.3. The summed E-state index contributed by atoms with van der Waals surface area (Å²) in [6, 6.07) is 8.84. The summed E-state index contributed by atoms with van der Waals surface area (Å²) in [6.45, 7) is 2.14. The molecule has 0 bridgehead atoms. The molecule has 0 radical (unpaired) electrons. The van der Waals surface area contributed by atoms with Crippen molar-refractivity contribution in [3.05, 3.63) is 47.9 Å². The Balaban J connectivity index is 2.02. The van der Waals surface area contributed by atoms with Gasteiger partial charge >= 0.3 is 0 Å². The Hall–Kier alpha value is -1.94. The fourth-order valence-electron chi connectivity index (χ4n) is 2.59. The highest BCUT2D eigenvalue weighted by Gasteiger charge is 2.24. The summed E-state index contributed by atoms with van der Waals surface area (Å²) in [5.74, 6) is 0.844. The van der Waals surface area contributed by atoms with E-state index in [1.165, 1.54) is 11.3 Å². The molecule has 19 heavy (non-hydrogen) atoms. The number of hydrogen-bond acceptors (Lipinski definition) is 4. The van der Waals surface area contributed by atoms with Gasteiger partial charge in [-0.05, 0) is 31.4 Å². The third-order valence-corrected chi connectivity index (χ3v) is 3.62. The van der Waals surface area contributed by atoms with Crippen molar-refractivity contribution < 1.29 is 5.11 Å². The third-order valence-electron chi connectivity index (χ3n) is 3.62. The van der Waals surface area contributed by atoms with Gasteiger partial charge in [-0.25, -0.2) is 4.98 Å². The highest BCUT2D eigenvalue weighted by molar-refractivity contribution is 5.65. The molecular weight excluding hydrogens is 238 g/mol. The van der Waals surface area contributed by atoms with Crippen LogP contribution in [-0.2, 0) is 13.0 Å². The summed E-state index contributed by atoms with van der Waals surface area (Å²) in [5.41, 5.74) is 3.17. The van der Waals surface area contributed by atoms with Gasteiger partial charge in [-0.1, -0.05) is 18.2 Å². The average Bonchev–Trinajstić information content (AvgIpc) is 2.47. The van der Waals surface area contributed by atoms with Crippen LogP contribution in [0.3, 0.4) is 0 Å². The normalized spacial score (nSPS) is 18.2. The van der Waals surface area contributed by atoms with Gasteiger partial charge in [0, 0.05) is 11.7 Å². The second kappa shape index (κ2) is 4.97. The van der Waals surface area contributed by atoms with E-state index in [-0.39, 0.29) is 6.61 Å². The molecule has 0 amide bonds. The summed E-state index contributed by atoms with van der Waals surface area (Å²) < 4.78 is 0. The number of rotatable bonds is 2. The van der Waals surface area contributed by atoms with Crippen LogP contribution < -0.4 is 4.90 Å². The van der Waals surface area contributed by atoms with E-state index in [0.717, 1.165) is 18.7 Å². The summed E-state index contributed by atoms with van der Waals surface area (Å²) in [6.07, 6.45) is 5.60. The Morgan fingerprint density at radius 2 is 2.11 bits per heavy atom. The maximum absolute atomic E-state index is 9.03. The third kappa shape index (κ3) is 2.19. The van der Waals surface area contributed by atoms with E-state index in [4.69, 9.17) is 5.11 Å². The maximum atomic E-state index is 9.03. The summed E-state index contributed by atoms with van der Waals surface area (Å²) >= 11 is 0. The van der Waals surface area contributed by atoms with E-state index in [1.807, 2.05) is 0 Å². The SMILES string of the molecule is CC1CCc2ccccc2N1c1cnc(CO)cn1. The Morgan fingerprint density at radius 1 is 1.26 bits per heavy atom. The lowest BCUT2D eigenvalue weighted by atomic mass is 9.97. The quantitative estimate of drug-likeness (QED) is 0.895. The smallest absolute Gasteiger partial charge is 0.151 e. The number of fused-ring (bicyclic) bond motifs is 1. The number of aliphatic hydroxyl groups is 1. The Kier molecular flexibility index (Phi) is 3.17. The molecule has 3 rings (SSSR count). The molecule has 0 aliphatic carbocycles. The largest absolute Gasteiger partial charge is 0.390 e.